The maximum atomic E-state index is 12.3. The number of nitrogens with one attached hydrogen (secondary N) is 1. The Morgan fingerprint density at radius 2 is 2.13 bits per heavy atom. The highest BCUT2D eigenvalue weighted by Crippen LogP contribution is 2.34. The lowest BCUT2D eigenvalue weighted by atomic mass is 10.0. The average Bonchev–Trinajstić information content (AvgIpc) is 2.97. The van der Waals surface area contributed by atoms with Gasteiger partial charge in [0, 0.05) is 10.9 Å². The minimum Gasteiger partial charge on any atom is -0.351 e. The van der Waals surface area contributed by atoms with Crippen LogP contribution in [0.3, 0.4) is 0 Å². The second-order valence-corrected chi connectivity index (χ2v) is 6.85. The van der Waals surface area contributed by atoms with Gasteiger partial charge in [0.25, 0.3) is 0 Å². The number of thioether (sulfide) groups is 1. The van der Waals surface area contributed by atoms with E-state index in [1.54, 1.807) is 4.90 Å². The van der Waals surface area contributed by atoms with Crippen molar-refractivity contribution in [3.05, 3.63) is 24.3 Å². The van der Waals surface area contributed by atoms with E-state index in [1.807, 2.05) is 24.3 Å². The highest BCUT2D eigenvalue weighted by molar-refractivity contribution is 8.00. The molecule has 2 atom stereocenters. The first-order chi connectivity index (χ1) is 10.7. The molecule has 2 aliphatic rings. The third-order valence-corrected chi connectivity index (χ3v) is 5.47. The molecule has 1 saturated carbocycles. The van der Waals surface area contributed by atoms with Gasteiger partial charge in [-0.1, -0.05) is 18.6 Å². The van der Waals surface area contributed by atoms with Gasteiger partial charge in [0.05, 0.1) is 11.4 Å². The van der Waals surface area contributed by atoms with Crippen molar-refractivity contribution in [1.29, 1.82) is 0 Å². The lowest BCUT2D eigenvalue weighted by Gasteiger charge is -2.29. The van der Waals surface area contributed by atoms with Crippen molar-refractivity contribution in [3.8, 4) is 0 Å². The van der Waals surface area contributed by atoms with Gasteiger partial charge in [-0.2, -0.15) is 0 Å². The van der Waals surface area contributed by atoms with E-state index < -0.39 is 0 Å². The van der Waals surface area contributed by atoms with E-state index in [-0.39, 0.29) is 36.8 Å². The largest absolute Gasteiger partial charge is 0.351 e. The summed E-state index contributed by atoms with van der Waals surface area (Å²) >= 11 is 1.53. The Hall–Kier alpha value is -1.24. The molecule has 1 aliphatic heterocycles. The van der Waals surface area contributed by atoms with Gasteiger partial charge in [-0.3, -0.25) is 9.59 Å². The van der Waals surface area contributed by atoms with Gasteiger partial charge in [-0.25, -0.2) is 0 Å². The number of halogens is 1. The molecule has 0 saturated heterocycles. The highest BCUT2D eigenvalue weighted by atomic mass is 35.5. The molecular weight excluding hydrogens is 334 g/mol. The average molecular weight is 356 g/mol. The zero-order chi connectivity index (χ0) is 15.5. The lowest BCUT2D eigenvalue weighted by molar-refractivity contribution is -0.123. The van der Waals surface area contributed by atoms with Crippen molar-refractivity contribution in [2.45, 2.75) is 30.2 Å². The molecule has 23 heavy (non-hydrogen) atoms. The second-order valence-electron chi connectivity index (χ2n) is 5.84. The van der Waals surface area contributed by atoms with E-state index in [1.165, 1.54) is 11.8 Å². The summed E-state index contributed by atoms with van der Waals surface area (Å²) in [6, 6.07) is 7.88. The molecule has 1 aromatic rings. The first-order valence-corrected chi connectivity index (χ1v) is 8.69. The molecule has 0 aromatic heterocycles. The molecule has 2 amide bonds. The molecule has 0 radical (unpaired) electrons. The Morgan fingerprint density at radius 3 is 2.91 bits per heavy atom. The number of hydrogen-bond donors (Lipinski definition) is 2. The molecule has 1 heterocycles. The third-order valence-electron chi connectivity index (χ3n) is 4.42. The molecule has 3 rings (SSSR count). The number of anilines is 1. The minimum atomic E-state index is -0.0968. The fourth-order valence-electron chi connectivity index (χ4n) is 3.23. The quantitative estimate of drug-likeness (QED) is 0.863. The first kappa shape index (κ1) is 18.1. The summed E-state index contributed by atoms with van der Waals surface area (Å²) in [5, 5.41) is 3.06. The van der Waals surface area contributed by atoms with Crippen molar-refractivity contribution < 1.29 is 9.59 Å². The Balaban J connectivity index is 0.00000192. The van der Waals surface area contributed by atoms with Crippen LogP contribution in [0.5, 0.6) is 0 Å². The van der Waals surface area contributed by atoms with Crippen LogP contribution >= 0.6 is 24.2 Å². The van der Waals surface area contributed by atoms with Crippen LogP contribution in [0, 0.1) is 5.92 Å². The molecule has 2 unspecified atom stereocenters. The van der Waals surface area contributed by atoms with E-state index >= 15 is 0 Å². The van der Waals surface area contributed by atoms with Crippen LogP contribution in [0.4, 0.5) is 5.69 Å². The fraction of sp³-hybridized carbons (Fsp3) is 0.500. The maximum Gasteiger partial charge on any atom is 0.240 e. The standard InChI is InChI=1S/C16H21N3O2S.ClH/c17-8-11-4-3-5-12(11)18-15(20)9-19-13-6-1-2-7-14(13)22-10-16(19)21;/h1-2,6-7,11-12H,3-5,8-10,17H2,(H,18,20);1H. The zero-order valence-electron chi connectivity index (χ0n) is 12.9. The SMILES string of the molecule is Cl.NCC1CCCC1NC(=O)CN1C(=O)CSc2ccccc21. The van der Waals surface area contributed by atoms with Crippen molar-refractivity contribution in [3.63, 3.8) is 0 Å². The van der Waals surface area contributed by atoms with E-state index in [0.717, 1.165) is 29.8 Å². The van der Waals surface area contributed by atoms with Crippen LogP contribution in [-0.2, 0) is 9.59 Å². The molecule has 5 nitrogen and oxygen atoms in total. The summed E-state index contributed by atoms with van der Waals surface area (Å²) in [6.07, 6.45) is 3.16. The number of benzene rings is 1. The fourth-order valence-corrected chi connectivity index (χ4v) is 4.17. The van der Waals surface area contributed by atoms with Gasteiger partial charge in [0.15, 0.2) is 0 Å². The zero-order valence-corrected chi connectivity index (χ0v) is 14.5. The lowest BCUT2D eigenvalue weighted by Crippen LogP contribution is -2.47. The number of hydrogen-bond acceptors (Lipinski definition) is 4. The Labute approximate surface area is 146 Å². The van der Waals surface area contributed by atoms with Crippen LogP contribution in [0.25, 0.3) is 0 Å². The number of carbonyl (C=O) groups excluding carboxylic acids is 2. The van der Waals surface area contributed by atoms with Gasteiger partial charge >= 0.3 is 0 Å². The molecular formula is C16H22ClN3O2S. The number of rotatable bonds is 4. The van der Waals surface area contributed by atoms with Crippen LogP contribution in [0.15, 0.2) is 29.2 Å². The van der Waals surface area contributed by atoms with Gasteiger partial charge in [-0.15, -0.1) is 24.2 Å². The van der Waals surface area contributed by atoms with Crippen molar-refractivity contribution in [2.24, 2.45) is 11.7 Å². The van der Waals surface area contributed by atoms with Crippen LogP contribution in [0.1, 0.15) is 19.3 Å². The minimum absolute atomic E-state index is 0. The summed E-state index contributed by atoms with van der Waals surface area (Å²) < 4.78 is 0. The Bertz CT molecular complexity index is 584. The molecule has 7 heteroatoms. The van der Waals surface area contributed by atoms with Gasteiger partial charge in [0.2, 0.25) is 11.8 Å². The summed E-state index contributed by atoms with van der Waals surface area (Å²) in [7, 11) is 0. The number of fused-ring (bicyclic) bond motifs is 1. The number of nitrogens with zero attached hydrogens (tertiary/aromatic N) is 1. The summed E-state index contributed by atoms with van der Waals surface area (Å²) in [4.78, 5) is 27.1. The van der Waals surface area contributed by atoms with E-state index in [2.05, 4.69) is 5.32 Å². The molecule has 1 aromatic carbocycles. The van der Waals surface area contributed by atoms with Gasteiger partial charge < -0.3 is 16.0 Å². The first-order valence-electron chi connectivity index (χ1n) is 7.70. The van der Waals surface area contributed by atoms with Crippen molar-refractivity contribution >= 4 is 41.7 Å². The summed E-state index contributed by atoms with van der Waals surface area (Å²) in [5.74, 6) is 0.643. The number of amides is 2. The van der Waals surface area contributed by atoms with E-state index in [9.17, 15) is 9.59 Å². The normalized spacial score (nSPS) is 23.2. The van der Waals surface area contributed by atoms with Gasteiger partial charge in [-0.05, 0) is 37.4 Å². The van der Waals surface area contributed by atoms with Crippen LogP contribution in [0.2, 0.25) is 0 Å². The Kier molecular flexibility index (Phi) is 6.33. The number of nitrogens with two attached hydrogens (primary N) is 1. The number of carbonyl (C=O) groups is 2. The third kappa shape index (κ3) is 4.00. The summed E-state index contributed by atoms with van der Waals surface area (Å²) in [6.45, 7) is 0.692. The molecule has 1 fully saturated rings. The second kappa shape index (κ2) is 8.04. The van der Waals surface area contributed by atoms with E-state index in [0.29, 0.717) is 18.2 Å². The molecule has 3 N–H and O–H groups in total. The smallest absolute Gasteiger partial charge is 0.240 e. The molecule has 0 spiro atoms. The molecule has 1 aliphatic carbocycles. The topological polar surface area (TPSA) is 75.4 Å². The molecule has 126 valence electrons. The van der Waals surface area contributed by atoms with Gasteiger partial charge in [0.1, 0.15) is 6.54 Å². The van der Waals surface area contributed by atoms with Crippen molar-refractivity contribution in [1.82, 2.24) is 5.32 Å². The highest BCUT2D eigenvalue weighted by Gasteiger charge is 2.30. The predicted molar refractivity (Wildman–Crippen MR) is 95.1 cm³/mol. The maximum absolute atomic E-state index is 12.3. The number of para-hydroxylation sites is 1. The van der Waals surface area contributed by atoms with Crippen LogP contribution < -0.4 is 16.0 Å². The van der Waals surface area contributed by atoms with Crippen LogP contribution in [-0.4, -0.2) is 36.7 Å². The summed E-state index contributed by atoms with van der Waals surface area (Å²) in [5.41, 5.74) is 6.58. The monoisotopic (exact) mass is 355 g/mol. The molecule has 0 bridgehead atoms. The Morgan fingerprint density at radius 1 is 1.35 bits per heavy atom. The predicted octanol–water partition coefficient (Wildman–Crippen LogP) is 1.79. The van der Waals surface area contributed by atoms with E-state index in [4.69, 9.17) is 5.73 Å². The van der Waals surface area contributed by atoms with Crippen molar-refractivity contribution in [2.75, 3.05) is 23.7 Å².